The molecule has 0 aliphatic carbocycles. The fourth-order valence-electron chi connectivity index (χ4n) is 12.1. The first-order chi connectivity index (χ1) is 40.0. The predicted molar refractivity (Wildman–Crippen MR) is 357 cm³/mol. The van der Waals surface area contributed by atoms with Gasteiger partial charge in [0.1, 0.15) is 0 Å². The summed E-state index contributed by atoms with van der Waals surface area (Å²) in [4.78, 5) is 24.7. The second kappa shape index (κ2) is 71.1. The molecule has 2 atom stereocenters. The number of nitrogens with one attached hydrogen (secondary N) is 1. The summed E-state index contributed by atoms with van der Waals surface area (Å²) < 4.78 is 5.52. The van der Waals surface area contributed by atoms with E-state index in [1.807, 2.05) is 0 Å². The first-order valence-electron chi connectivity index (χ1n) is 37.4. The zero-order valence-corrected chi connectivity index (χ0v) is 55.3. The fraction of sp³-hybridized carbons (Fsp3) is 0.947. The van der Waals surface area contributed by atoms with Gasteiger partial charge in [-0.05, 0) is 51.4 Å². The number of esters is 1. The highest BCUT2D eigenvalue weighted by atomic mass is 16.5. The van der Waals surface area contributed by atoms with Crippen LogP contribution in [0.2, 0.25) is 0 Å². The van der Waals surface area contributed by atoms with Gasteiger partial charge in [0, 0.05) is 12.8 Å². The molecule has 0 spiro atoms. The molecular weight excluding hydrogens is 995 g/mol. The lowest BCUT2D eigenvalue weighted by molar-refractivity contribution is -0.143. The molecule has 0 aromatic carbocycles. The zero-order chi connectivity index (χ0) is 58.5. The van der Waals surface area contributed by atoms with Crippen molar-refractivity contribution in [3.05, 3.63) is 12.2 Å². The summed E-state index contributed by atoms with van der Waals surface area (Å²) in [6.45, 7) is 5.01. The second-order valence-electron chi connectivity index (χ2n) is 26.0. The van der Waals surface area contributed by atoms with Crippen LogP contribution in [0.5, 0.6) is 0 Å². The molecule has 0 bridgehead atoms. The molecule has 0 heterocycles. The number of carbonyl (C=O) groups excluding carboxylic acids is 2. The van der Waals surface area contributed by atoms with E-state index < -0.39 is 12.1 Å². The van der Waals surface area contributed by atoms with Gasteiger partial charge in [0.05, 0.1) is 25.4 Å². The zero-order valence-electron chi connectivity index (χ0n) is 55.3. The maximum atomic E-state index is 12.5. The first kappa shape index (κ1) is 79.6. The van der Waals surface area contributed by atoms with Crippen LogP contribution in [0.4, 0.5) is 0 Å². The number of aliphatic hydroxyl groups excluding tert-OH is 2. The van der Waals surface area contributed by atoms with E-state index in [2.05, 4.69) is 31.3 Å². The Hall–Kier alpha value is -1.40. The van der Waals surface area contributed by atoms with Crippen LogP contribution in [0.3, 0.4) is 0 Å². The summed E-state index contributed by atoms with van der Waals surface area (Å²) in [6, 6.07) is -0.541. The Labute approximate surface area is 508 Å². The van der Waals surface area contributed by atoms with Crippen LogP contribution in [0.15, 0.2) is 12.2 Å². The Bertz CT molecular complexity index is 1220. The highest BCUT2D eigenvalue weighted by Gasteiger charge is 2.20. The number of rotatable bonds is 71. The molecule has 0 aromatic rings. The number of hydrogen-bond donors (Lipinski definition) is 3. The van der Waals surface area contributed by atoms with Crippen molar-refractivity contribution in [2.75, 3.05) is 13.2 Å². The van der Waals surface area contributed by atoms with E-state index in [4.69, 9.17) is 4.74 Å². The summed E-state index contributed by atoms with van der Waals surface area (Å²) in [6.07, 6.45) is 88.5. The standard InChI is InChI=1S/C75H147NO5/c1-3-5-7-9-11-13-15-17-19-21-32-37-41-45-49-53-57-61-65-69-75(80)81-70-66-62-58-54-50-46-42-38-34-31-29-27-25-23-22-24-26-28-30-33-36-40-44-48-52-56-60-64-68-74(79)76-72(71-77)73(78)67-63-59-55-51-47-43-39-35-20-18-16-14-12-10-8-6-4-2/h22-23,72-73,77-78H,3-21,24-71H2,1-2H3,(H,76,79)/b23-22-. The van der Waals surface area contributed by atoms with Gasteiger partial charge in [-0.3, -0.25) is 9.59 Å². The number of amides is 1. The van der Waals surface area contributed by atoms with Gasteiger partial charge < -0.3 is 20.3 Å². The molecule has 0 aliphatic rings. The molecular formula is C75H147NO5. The molecule has 0 saturated heterocycles. The third kappa shape index (κ3) is 67.6. The van der Waals surface area contributed by atoms with Crippen LogP contribution in [-0.4, -0.2) is 47.4 Å². The second-order valence-corrected chi connectivity index (χ2v) is 26.0. The van der Waals surface area contributed by atoms with Crippen molar-refractivity contribution in [2.24, 2.45) is 0 Å². The van der Waals surface area contributed by atoms with E-state index in [0.717, 1.165) is 38.5 Å². The molecule has 6 heteroatoms. The van der Waals surface area contributed by atoms with Crippen molar-refractivity contribution < 1.29 is 24.5 Å². The van der Waals surface area contributed by atoms with E-state index >= 15 is 0 Å². The van der Waals surface area contributed by atoms with Gasteiger partial charge in [-0.2, -0.15) is 0 Å². The van der Waals surface area contributed by atoms with Gasteiger partial charge >= 0.3 is 5.97 Å². The predicted octanol–water partition coefficient (Wildman–Crippen LogP) is 24.3. The monoisotopic (exact) mass is 1140 g/mol. The van der Waals surface area contributed by atoms with Crippen LogP contribution in [-0.2, 0) is 14.3 Å². The molecule has 0 rings (SSSR count). The fourth-order valence-corrected chi connectivity index (χ4v) is 12.1. The Balaban J connectivity index is 3.35. The third-order valence-electron chi connectivity index (χ3n) is 17.8. The Morgan fingerprint density at radius 3 is 0.877 bits per heavy atom. The minimum absolute atomic E-state index is 0.0219. The molecule has 1 amide bonds. The normalized spacial score (nSPS) is 12.5. The molecule has 0 saturated carbocycles. The van der Waals surface area contributed by atoms with Crippen molar-refractivity contribution >= 4 is 11.9 Å². The third-order valence-corrected chi connectivity index (χ3v) is 17.8. The van der Waals surface area contributed by atoms with Crippen LogP contribution in [0.25, 0.3) is 0 Å². The van der Waals surface area contributed by atoms with Crippen molar-refractivity contribution in [3.63, 3.8) is 0 Å². The van der Waals surface area contributed by atoms with E-state index in [0.29, 0.717) is 25.9 Å². The van der Waals surface area contributed by atoms with E-state index in [-0.39, 0.29) is 18.5 Å². The highest BCUT2D eigenvalue weighted by Crippen LogP contribution is 2.20. The first-order valence-corrected chi connectivity index (χ1v) is 37.4. The molecule has 3 N–H and O–H groups in total. The molecule has 0 aliphatic heterocycles. The quantitative estimate of drug-likeness (QED) is 0.0320. The maximum absolute atomic E-state index is 12.5. The Kier molecular flexibility index (Phi) is 69.9. The summed E-state index contributed by atoms with van der Waals surface area (Å²) in [5.74, 6) is -0.00881. The summed E-state index contributed by atoms with van der Waals surface area (Å²) in [5.41, 5.74) is 0. The lowest BCUT2D eigenvalue weighted by Crippen LogP contribution is -2.45. The Morgan fingerprint density at radius 1 is 0.333 bits per heavy atom. The lowest BCUT2D eigenvalue weighted by atomic mass is 10.0. The van der Waals surface area contributed by atoms with Crippen LogP contribution in [0.1, 0.15) is 431 Å². The van der Waals surface area contributed by atoms with Gasteiger partial charge in [-0.15, -0.1) is 0 Å². The summed E-state index contributed by atoms with van der Waals surface area (Å²) >= 11 is 0. The smallest absolute Gasteiger partial charge is 0.305 e. The minimum atomic E-state index is -0.664. The van der Waals surface area contributed by atoms with Crippen molar-refractivity contribution in [2.45, 2.75) is 443 Å². The van der Waals surface area contributed by atoms with E-state index in [9.17, 15) is 19.8 Å². The molecule has 6 nitrogen and oxygen atoms in total. The molecule has 0 radical (unpaired) electrons. The van der Waals surface area contributed by atoms with Gasteiger partial charge in [0.15, 0.2) is 0 Å². The number of unbranched alkanes of at least 4 members (excludes halogenated alkanes) is 58. The SMILES string of the molecule is CCCCCCCCCCCCCCCCCCCCCC(=O)OCCCCCCCCCCCCCC/C=C\CCCCCCCCCCCCCCC(=O)NC(CO)C(O)CCCCCCCCCCCCCCCCCCC. The van der Waals surface area contributed by atoms with Gasteiger partial charge in [0.2, 0.25) is 5.91 Å². The number of ether oxygens (including phenoxy) is 1. The van der Waals surface area contributed by atoms with Crippen molar-refractivity contribution in [1.29, 1.82) is 0 Å². The number of aliphatic hydroxyl groups is 2. The van der Waals surface area contributed by atoms with Crippen LogP contribution < -0.4 is 5.32 Å². The molecule has 0 fully saturated rings. The molecule has 2 unspecified atom stereocenters. The minimum Gasteiger partial charge on any atom is -0.466 e. The average molecular weight is 1140 g/mol. The number of hydrogen-bond acceptors (Lipinski definition) is 5. The van der Waals surface area contributed by atoms with Gasteiger partial charge in [-0.25, -0.2) is 0 Å². The largest absolute Gasteiger partial charge is 0.466 e. The van der Waals surface area contributed by atoms with Gasteiger partial charge in [-0.1, -0.05) is 379 Å². The molecule has 0 aromatic heterocycles. The highest BCUT2D eigenvalue weighted by molar-refractivity contribution is 5.76. The van der Waals surface area contributed by atoms with E-state index in [1.165, 1.54) is 360 Å². The molecule has 482 valence electrons. The summed E-state index contributed by atoms with van der Waals surface area (Å²) in [7, 11) is 0. The lowest BCUT2D eigenvalue weighted by Gasteiger charge is -2.22. The van der Waals surface area contributed by atoms with Crippen molar-refractivity contribution in [3.8, 4) is 0 Å². The maximum Gasteiger partial charge on any atom is 0.305 e. The van der Waals surface area contributed by atoms with E-state index in [1.54, 1.807) is 0 Å². The molecule has 81 heavy (non-hydrogen) atoms. The van der Waals surface area contributed by atoms with Crippen LogP contribution >= 0.6 is 0 Å². The topological polar surface area (TPSA) is 95.9 Å². The van der Waals surface area contributed by atoms with Gasteiger partial charge in [0.25, 0.3) is 0 Å². The van der Waals surface area contributed by atoms with Crippen molar-refractivity contribution in [1.82, 2.24) is 5.32 Å². The summed E-state index contributed by atoms with van der Waals surface area (Å²) in [5, 5.41) is 23.4. The Morgan fingerprint density at radius 2 is 0.580 bits per heavy atom. The number of carbonyl (C=O) groups is 2. The average Bonchev–Trinajstić information content (AvgIpc) is 3.47. The number of allylic oxidation sites excluding steroid dienone is 2. The van der Waals surface area contributed by atoms with Crippen LogP contribution in [0, 0.1) is 0 Å².